The molecule has 1 unspecified atom stereocenters. The van der Waals surface area contributed by atoms with Crippen LogP contribution in [0, 0.1) is 5.82 Å². The second-order valence-corrected chi connectivity index (χ2v) is 5.47. The Labute approximate surface area is 141 Å². The number of nitrogens with one attached hydrogen (secondary N) is 1. The van der Waals surface area contributed by atoms with Gasteiger partial charge in [0.15, 0.2) is 17.3 Å². The predicted octanol–water partition coefficient (Wildman–Crippen LogP) is 2.55. The molecular formula is C16H16F3N3O3. The zero-order chi connectivity index (χ0) is 18.0. The van der Waals surface area contributed by atoms with Crippen LogP contribution in [0.1, 0.15) is 28.5 Å². The minimum absolute atomic E-state index is 0.0310. The standard InChI is InChI=1S/C16H16F3N3O3/c1-24-12-4-3-9(7-10(12)17)14(15(18)19)20-16(23)11-8-13-22(21-11)5-2-6-25-13/h3-4,7-8,14-15H,2,5-6H2,1H3,(H,20,23). The van der Waals surface area contributed by atoms with Crippen molar-refractivity contribution in [2.75, 3.05) is 13.7 Å². The number of fused-ring (bicyclic) bond motifs is 1. The Morgan fingerprint density at radius 2 is 2.20 bits per heavy atom. The van der Waals surface area contributed by atoms with E-state index in [-0.39, 0.29) is 17.0 Å². The van der Waals surface area contributed by atoms with Crippen LogP contribution in [0.25, 0.3) is 0 Å². The van der Waals surface area contributed by atoms with E-state index in [2.05, 4.69) is 10.4 Å². The summed E-state index contributed by atoms with van der Waals surface area (Å²) in [6.45, 7) is 1.10. The molecule has 0 saturated heterocycles. The Morgan fingerprint density at radius 1 is 1.40 bits per heavy atom. The van der Waals surface area contributed by atoms with Gasteiger partial charge in [-0.25, -0.2) is 17.9 Å². The highest BCUT2D eigenvalue weighted by Gasteiger charge is 2.27. The van der Waals surface area contributed by atoms with Gasteiger partial charge < -0.3 is 14.8 Å². The van der Waals surface area contributed by atoms with Crippen LogP contribution in [-0.4, -0.2) is 35.8 Å². The SMILES string of the molecule is COc1ccc(C(NC(=O)c2cc3n(n2)CCCO3)C(F)F)cc1F. The lowest BCUT2D eigenvalue weighted by atomic mass is 10.1. The van der Waals surface area contributed by atoms with E-state index in [1.54, 1.807) is 0 Å². The summed E-state index contributed by atoms with van der Waals surface area (Å²) in [6, 6.07) is 3.14. The van der Waals surface area contributed by atoms with Gasteiger partial charge in [0.1, 0.15) is 6.04 Å². The average molecular weight is 355 g/mol. The van der Waals surface area contributed by atoms with Gasteiger partial charge in [0.05, 0.1) is 13.7 Å². The molecule has 1 amide bonds. The number of halogens is 3. The van der Waals surface area contributed by atoms with Crippen molar-refractivity contribution in [1.29, 1.82) is 0 Å². The van der Waals surface area contributed by atoms with Crippen LogP contribution in [0.3, 0.4) is 0 Å². The predicted molar refractivity (Wildman–Crippen MR) is 81.5 cm³/mol. The van der Waals surface area contributed by atoms with E-state index in [4.69, 9.17) is 9.47 Å². The first-order chi connectivity index (χ1) is 12.0. The molecule has 1 atom stereocenters. The first-order valence-corrected chi connectivity index (χ1v) is 7.62. The zero-order valence-electron chi connectivity index (χ0n) is 13.3. The van der Waals surface area contributed by atoms with E-state index in [0.717, 1.165) is 12.5 Å². The lowest BCUT2D eigenvalue weighted by Gasteiger charge is -2.18. The highest BCUT2D eigenvalue weighted by Crippen LogP contribution is 2.26. The average Bonchev–Trinajstić information content (AvgIpc) is 3.03. The molecule has 0 bridgehead atoms. The summed E-state index contributed by atoms with van der Waals surface area (Å²) in [7, 11) is 1.27. The molecule has 1 aromatic heterocycles. The number of carbonyl (C=O) groups excluding carboxylic acids is 1. The highest BCUT2D eigenvalue weighted by atomic mass is 19.3. The van der Waals surface area contributed by atoms with Crippen molar-refractivity contribution in [2.24, 2.45) is 0 Å². The number of hydrogen-bond donors (Lipinski definition) is 1. The molecule has 1 N–H and O–H groups in total. The maximum atomic E-state index is 13.8. The molecule has 2 heterocycles. The number of ether oxygens (including phenoxy) is 2. The van der Waals surface area contributed by atoms with Crippen LogP contribution < -0.4 is 14.8 Å². The van der Waals surface area contributed by atoms with Crippen LogP contribution in [0.15, 0.2) is 24.3 Å². The summed E-state index contributed by atoms with van der Waals surface area (Å²) in [5.41, 5.74) is -0.0987. The van der Waals surface area contributed by atoms with Gasteiger partial charge >= 0.3 is 0 Å². The number of alkyl halides is 2. The van der Waals surface area contributed by atoms with E-state index in [1.165, 1.54) is 30.0 Å². The number of carbonyl (C=O) groups is 1. The van der Waals surface area contributed by atoms with Gasteiger partial charge in [-0.1, -0.05) is 6.07 Å². The summed E-state index contributed by atoms with van der Waals surface area (Å²) in [5, 5.41) is 6.24. The molecule has 6 nitrogen and oxygen atoms in total. The van der Waals surface area contributed by atoms with Crippen molar-refractivity contribution in [2.45, 2.75) is 25.4 Å². The molecule has 0 radical (unpaired) electrons. The molecule has 2 aromatic rings. The third kappa shape index (κ3) is 3.54. The highest BCUT2D eigenvalue weighted by molar-refractivity contribution is 5.92. The van der Waals surface area contributed by atoms with Gasteiger partial charge in [-0.3, -0.25) is 4.79 Å². The fraction of sp³-hybridized carbons (Fsp3) is 0.375. The van der Waals surface area contributed by atoms with Gasteiger partial charge in [0.25, 0.3) is 12.3 Å². The zero-order valence-corrected chi connectivity index (χ0v) is 13.3. The molecule has 1 aromatic carbocycles. The molecule has 9 heteroatoms. The summed E-state index contributed by atoms with van der Waals surface area (Å²) in [5.74, 6) is -1.22. The summed E-state index contributed by atoms with van der Waals surface area (Å²) in [4.78, 5) is 12.3. The lowest BCUT2D eigenvalue weighted by Crippen LogP contribution is -2.33. The second-order valence-electron chi connectivity index (χ2n) is 5.47. The fourth-order valence-corrected chi connectivity index (χ4v) is 2.56. The number of aryl methyl sites for hydroxylation is 1. The maximum absolute atomic E-state index is 13.8. The number of nitrogens with zero attached hydrogens (tertiary/aromatic N) is 2. The van der Waals surface area contributed by atoms with E-state index >= 15 is 0 Å². The number of methoxy groups -OCH3 is 1. The van der Waals surface area contributed by atoms with Crippen LogP contribution in [0.2, 0.25) is 0 Å². The van der Waals surface area contributed by atoms with Gasteiger partial charge in [0.2, 0.25) is 5.88 Å². The molecule has 3 rings (SSSR count). The smallest absolute Gasteiger partial charge is 0.272 e. The van der Waals surface area contributed by atoms with Crippen LogP contribution in [0.5, 0.6) is 11.6 Å². The van der Waals surface area contributed by atoms with E-state index in [9.17, 15) is 18.0 Å². The maximum Gasteiger partial charge on any atom is 0.272 e. The van der Waals surface area contributed by atoms with Gasteiger partial charge in [-0.05, 0) is 17.7 Å². The molecule has 1 aliphatic rings. The quantitative estimate of drug-likeness (QED) is 0.895. The van der Waals surface area contributed by atoms with Crippen molar-refractivity contribution >= 4 is 5.91 Å². The first-order valence-electron chi connectivity index (χ1n) is 7.62. The molecule has 0 aliphatic carbocycles. The van der Waals surface area contributed by atoms with Crippen molar-refractivity contribution < 1.29 is 27.4 Å². The van der Waals surface area contributed by atoms with Crippen molar-refractivity contribution in [1.82, 2.24) is 15.1 Å². The molecule has 25 heavy (non-hydrogen) atoms. The normalized spacial score (nSPS) is 14.6. The molecule has 0 spiro atoms. The third-order valence-corrected chi connectivity index (χ3v) is 3.81. The van der Waals surface area contributed by atoms with Gasteiger partial charge in [-0.2, -0.15) is 5.10 Å². The fourth-order valence-electron chi connectivity index (χ4n) is 2.56. The number of hydrogen-bond acceptors (Lipinski definition) is 4. The Morgan fingerprint density at radius 3 is 2.84 bits per heavy atom. The van der Waals surface area contributed by atoms with Crippen molar-refractivity contribution in [3.63, 3.8) is 0 Å². The van der Waals surface area contributed by atoms with Gasteiger partial charge in [-0.15, -0.1) is 0 Å². The van der Waals surface area contributed by atoms with Crippen molar-refractivity contribution in [3.8, 4) is 11.6 Å². The topological polar surface area (TPSA) is 65.4 Å². The van der Waals surface area contributed by atoms with Crippen molar-refractivity contribution in [3.05, 3.63) is 41.3 Å². The lowest BCUT2D eigenvalue weighted by molar-refractivity contribution is 0.0739. The largest absolute Gasteiger partial charge is 0.494 e. The van der Waals surface area contributed by atoms with E-state index in [1.807, 2.05) is 0 Å². The number of rotatable bonds is 5. The number of benzene rings is 1. The van der Waals surface area contributed by atoms with Crippen LogP contribution in [0.4, 0.5) is 13.2 Å². The van der Waals surface area contributed by atoms with Gasteiger partial charge in [0, 0.05) is 19.0 Å². The van der Waals surface area contributed by atoms with Crippen LogP contribution >= 0.6 is 0 Å². The number of amides is 1. The Bertz CT molecular complexity index is 756. The first kappa shape index (κ1) is 17.1. The summed E-state index contributed by atoms with van der Waals surface area (Å²) < 4.78 is 52.1. The summed E-state index contributed by atoms with van der Waals surface area (Å²) >= 11 is 0. The molecule has 1 aliphatic heterocycles. The minimum atomic E-state index is -2.93. The minimum Gasteiger partial charge on any atom is -0.494 e. The molecule has 0 saturated carbocycles. The third-order valence-electron chi connectivity index (χ3n) is 3.81. The number of aromatic nitrogens is 2. The Balaban J connectivity index is 1.80. The second kappa shape index (κ2) is 7.04. The van der Waals surface area contributed by atoms with E-state index in [0.29, 0.717) is 19.0 Å². The molecular weight excluding hydrogens is 339 g/mol. The molecule has 0 fully saturated rings. The summed E-state index contributed by atoms with van der Waals surface area (Å²) in [6.07, 6.45) is -2.18. The Kier molecular flexibility index (Phi) is 4.82. The monoisotopic (exact) mass is 355 g/mol. The molecule has 134 valence electrons. The van der Waals surface area contributed by atoms with E-state index < -0.39 is 24.2 Å². The van der Waals surface area contributed by atoms with Crippen LogP contribution in [-0.2, 0) is 6.54 Å². The Hall–Kier alpha value is -2.71.